The summed E-state index contributed by atoms with van der Waals surface area (Å²) in [6.45, 7) is 1.77. The molecule has 1 fully saturated rings. The second kappa shape index (κ2) is 9.41. The van der Waals surface area contributed by atoms with Gasteiger partial charge in [-0.15, -0.1) is 0 Å². The van der Waals surface area contributed by atoms with Crippen molar-refractivity contribution in [1.29, 1.82) is 0 Å². The molecule has 1 saturated carbocycles. The van der Waals surface area contributed by atoms with Crippen LogP contribution < -0.4 is 15.4 Å². The van der Waals surface area contributed by atoms with E-state index in [1.165, 1.54) is 23.7 Å². The second-order valence-corrected chi connectivity index (χ2v) is 8.28. The molecular weight excluding hydrogens is 420 g/mol. The first-order valence-electron chi connectivity index (χ1n) is 11.1. The minimum absolute atomic E-state index is 0.502. The molecule has 6 rings (SSSR count). The highest BCUT2D eigenvalue weighted by Crippen LogP contribution is 2.40. The summed E-state index contributed by atoms with van der Waals surface area (Å²) in [5, 5.41) is 10.6. The van der Waals surface area contributed by atoms with E-state index in [4.69, 9.17) is 9.26 Å². The third-order valence-corrected chi connectivity index (χ3v) is 5.85. The first-order valence-corrected chi connectivity index (χ1v) is 11.1. The van der Waals surface area contributed by atoms with Gasteiger partial charge in [-0.3, -0.25) is 4.79 Å². The Hall–Kier alpha value is -3.72. The second-order valence-electron chi connectivity index (χ2n) is 8.28. The lowest BCUT2D eigenvalue weighted by Gasteiger charge is -2.11. The maximum absolute atomic E-state index is 9.98. The van der Waals surface area contributed by atoms with Crippen LogP contribution in [-0.2, 0) is 24.8 Å². The highest BCUT2D eigenvalue weighted by molar-refractivity contribution is 5.81. The number of aryl methyl sites for hydroxylation is 2. The number of hydrogen-bond donors (Lipinski definition) is 2. The Morgan fingerprint density at radius 3 is 3.00 bits per heavy atom. The van der Waals surface area contributed by atoms with Crippen molar-refractivity contribution in [3.63, 3.8) is 0 Å². The van der Waals surface area contributed by atoms with Gasteiger partial charge in [0.2, 0.25) is 12.3 Å². The highest BCUT2D eigenvalue weighted by Gasteiger charge is 2.27. The third-order valence-electron chi connectivity index (χ3n) is 5.85. The summed E-state index contributed by atoms with van der Waals surface area (Å²) in [7, 11) is 2.04. The number of benzene rings is 1. The summed E-state index contributed by atoms with van der Waals surface area (Å²) in [4.78, 5) is 18.7. The molecule has 1 aliphatic heterocycles. The van der Waals surface area contributed by atoms with Crippen LogP contribution in [0.1, 0.15) is 42.2 Å². The van der Waals surface area contributed by atoms with Crippen LogP contribution in [0.15, 0.2) is 47.4 Å². The lowest BCUT2D eigenvalue weighted by atomic mass is 10.1. The molecule has 0 bridgehead atoms. The van der Waals surface area contributed by atoms with Gasteiger partial charge in [0.1, 0.15) is 17.8 Å². The van der Waals surface area contributed by atoms with E-state index < -0.39 is 0 Å². The molecule has 0 unspecified atom stereocenters. The molecule has 4 aromatic rings. The summed E-state index contributed by atoms with van der Waals surface area (Å²) in [6, 6.07) is 9.97. The van der Waals surface area contributed by atoms with Crippen LogP contribution in [0.25, 0.3) is 10.9 Å². The van der Waals surface area contributed by atoms with E-state index in [1.807, 2.05) is 19.2 Å². The van der Waals surface area contributed by atoms with Gasteiger partial charge < -0.3 is 24.5 Å². The molecule has 9 nitrogen and oxygen atoms in total. The zero-order valence-corrected chi connectivity index (χ0v) is 18.5. The zero-order valence-electron chi connectivity index (χ0n) is 18.5. The average Bonchev–Trinajstić information content (AvgIpc) is 3.54. The SMILES string of the molecule is Cn1ccc2cc(Oc3ncnc4c3CNCCC4)ccc21.O=CNc1cc(C2CC2)on1. The summed E-state index contributed by atoms with van der Waals surface area (Å²) in [5.74, 6) is 3.40. The highest BCUT2D eigenvalue weighted by atomic mass is 16.5. The van der Waals surface area contributed by atoms with Crippen molar-refractivity contribution < 1.29 is 14.1 Å². The fourth-order valence-corrected chi connectivity index (χ4v) is 3.92. The number of hydrogen-bond acceptors (Lipinski definition) is 7. The number of fused-ring (bicyclic) bond motifs is 2. The number of nitrogens with zero attached hydrogens (tertiary/aromatic N) is 4. The molecule has 0 saturated heterocycles. The fourth-order valence-electron chi connectivity index (χ4n) is 3.92. The summed E-state index contributed by atoms with van der Waals surface area (Å²) in [6.07, 6.45) is 8.66. The molecule has 1 amide bonds. The Morgan fingerprint density at radius 1 is 1.24 bits per heavy atom. The molecule has 9 heteroatoms. The summed E-state index contributed by atoms with van der Waals surface area (Å²) >= 11 is 0. The van der Waals surface area contributed by atoms with Crippen molar-refractivity contribution in [3.8, 4) is 11.6 Å². The summed E-state index contributed by atoms with van der Waals surface area (Å²) < 4.78 is 13.1. The molecule has 2 aliphatic rings. The van der Waals surface area contributed by atoms with Crippen molar-refractivity contribution in [2.45, 2.75) is 38.1 Å². The van der Waals surface area contributed by atoms with Crippen molar-refractivity contribution in [2.24, 2.45) is 7.05 Å². The maximum atomic E-state index is 9.98. The van der Waals surface area contributed by atoms with Crippen LogP contribution in [-0.4, -0.2) is 32.6 Å². The lowest BCUT2D eigenvalue weighted by Crippen LogP contribution is -2.13. The van der Waals surface area contributed by atoms with Crippen LogP contribution in [0.2, 0.25) is 0 Å². The Morgan fingerprint density at radius 2 is 2.15 bits per heavy atom. The number of amides is 1. The third kappa shape index (κ3) is 4.88. The minimum Gasteiger partial charge on any atom is -0.439 e. The Bertz CT molecular complexity index is 1260. The predicted molar refractivity (Wildman–Crippen MR) is 123 cm³/mol. The fraction of sp³-hybridized carbons (Fsp3) is 0.333. The number of nitrogens with one attached hydrogen (secondary N) is 2. The van der Waals surface area contributed by atoms with E-state index in [9.17, 15) is 4.79 Å². The molecule has 4 heterocycles. The number of carbonyl (C=O) groups is 1. The molecule has 0 atom stereocenters. The van der Waals surface area contributed by atoms with Gasteiger partial charge in [-0.2, -0.15) is 0 Å². The number of ether oxygens (including phenoxy) is 1. The number of rotatable bonds is 5. The van der Waals surface area contributed by atoms with Crippen molar-refractivity contribution in [2.75, 3.05) is 11.9 Å². The van der Waals surface area contributed by atoms with Crippen LogP contribution in [0, 0.1) is 0 Å². The van der Waals surface area contributed by atoms with Crippen molar-refractivity contribution in [3.05, 3.63) is 59.9 Å². The van der Waals surface area contributed by atoms with Gasteiger partial charge in [0.05, 0.1) is 11.3 Å². The smallest absolute Gasteiger partial charge is 0.227 e. The quantitative estimate of drug-likeness (QED) is 0.448. The van der Waals surface area contributed by atoms with Gasteiger partial charge in [0.25, 0.3) is 0 Å². The lowest BCUT2D eigenvalue weighted by molar-refractivity contribution is -0.105. The van der Waals surface area contributed by atoms with Gasteiger partial charge in [0.15, 0.2) is 5.82 Å². The zero-order chi connectivity index (χ0) is 22.6. The van der Waals surface area contributed by atoms with Crippen LogP contribution in [0.5, 0.6) is 11.6 Å². The summed E-state index contributed by atoms with van der Waals surface area (Å²) in [5.41, 5.74) is 3.36. The number of carbonyl (C=O) groups excluding carboxylic acids is 1. The van der Waals surface area contributed by atoms with Gasteiger partial charge >= 0.3 is 0 Å². The molecule has 0 radical (unpaired) electrons. The minimum atomic E-state index is 0.502. The maximum Gasteiger partial charge on any atom is 0.227 e. The molecule has 1 aliphatic carbocycles. The molecule has 1 aromatic carbocycles. The Kier molecular flexibility index (Phi) is 6.03. The Balaban J connectivity index is 0.000000174. The van der Waals surface area contributed by atoms with Crippen LogP contribution in [0.3, 0.4) is 0 Å². The topological polar surface area (TPSA) is 107 Å². The van der Waals surface area contributed by atoms with E-state index >= 15 is 0 Å². The molecule has 0 spiro atoms. The van der Waals surface area contributed by atoms with E-state index in [1.54, 1.807) is 12.4 Å². The van der Waals surface area contributed by atoms with E-state index in [0.29, 0.717) is 24.0 Å². The first-order chi connectivity index (χ1) is 16.2. The van der Waals surface area contributed by atoms with E-state index in [2.05, 4.69) is 48.7 Å². The van der Waals surface area contributed by atoms with Gasteiger partial charge in [-0.25, -0.2) is 9.97 Å². The van der Waals surface area contributed by atoms with Gasteiger partial charge in [-0.05, 0) is 56.5 Å². The largest absolute Gasteiger partial charge is 0.439 e. The molecule has 170 valence electrons. The van der Waals surface area contributed by atoms with Crippen LogP contribution >= 0.6 is 0 Å². The van der Waals surface area contributed by atoms with Gasteiger partial charge in [-0.1, -0.05) is 5.16 Å². The monoisotopic (exact) mass is 446 g/mol. The standard InChI is InChI=1S/C17H18N4O.C7H8N2O2/c1-21-8-6-12-9-13(4-5-16(12)21)22-17-14-10-18-7-2-3-15(14)19-11-20-17;10-4-8-7-3-6(11-9-7)5-1-2-5/h4-6,8-9,11,18H,2-3,7,10H2,1H3;3-5H,1-2H2,(H,8,9,10). The number of aromatic nitrogens is 4. The molecule has 2 N–H and O–H groups in total. The molecular formula is C24H26N6O3. The van der Waals surface area contributed by atoms with Crippen LogP contribution in [0.4, 0.5) is 5.82 Å². The van der Waals surface area contributed by atoms with Gasteiger partial charge in [0, 0.05) is 42.7 Å². The number of anilines is 1. The van der Waals surface area contributed by atoms with E-state index in [-0.39, 0.29) is 0 Å². The Labute approximate surface area is 191 Å². The normalized spacial score (nSPS) is 15.2. The van der Waals surface area contributed by atoms with Crippen molar-refractivity contribution in [1.82, 2.24) is 25.0 Å². The average molecular weight is 447 g/mol. The van der Waals surface area contributed by atoms with E-state index in [0.717, 1.165) is 48.7 Å². The first kappa shape index (κ1) is 21.1. The predicted octanol–water partition coefficient (Wildman–Crippen LogP) is 3.92. The van der Waals surface area contributed by atoms with Crippen molar-refractivity contribution >= 4 is 23.1 Å². The molecule has 3 aromatic heterocycles. The molecule has 33 heavy (non-hydrogen) atoms.